The maximum Gasteiger partial charge on any atom is 0.254 e. The van der Waals surface area contributed by atoms with Crippen LogP contribution < -0.4 is 5.32 Å². The van der Waals surface area contributed by atoms with Crippen LogP contribution in [0.15, 0.2) is 48.5 Å². The first kappa shape index (κ1) is 23.3. The highest BCUT2D eigenvalue weighted by atomic mass is 19.2. The number of fused-ring (bicyclic) bond motifs is 1. The van der Waals surface area contributed by atoms with Crippen LogP contribution in [0.3, 0.4) is 0 Å². The number of pyridine rings is 1. The lowest BCUT2D eigenvalue weighted by molar-refractivity contribution is 0.0704. The number of hydrogen-bond donors (Lipinski definition) is 1. The number of aromatic nitrogens is 1. The van der Waals surface area contributed by atoms with Gasteiger partial charge in [-0.1, -0.05) is 18.2 Å². The summed E-state index contributed by atoms with van der Waals surface area (Å²) in [6, 6.07) is 13.2. The van der Waals surface area contributed by atoms with Crippen LogP contribution in [0.5, 0.6) is 0 Å². The Labute approximate surface area is 193 Å². The van der Waals surface area contributed by atoms with Crippen molar-refractivity contribution in [1.29, 1.82) is 0 Å². The quantitative estimate of drug-likeness (QED) is 0.580. The SMILES string of the molecule is CNC(CCN(C)C)C1CCCN1C(=O)c1cc(-c2ccc(F)c(F)c2)nc2ccccc12. The van der Waals surface area contributed by atoms with E-state index >= 15 is 0 Å². The Morgan fingerprint density at radius 1 is 1.18 bits per heavy atom. The summed E-state index contributed by atoms with van der Waals surface area (Å²) in [6.45, 7) is 1.63. The summed E-state index contributed by atoms with van der Waals surface area (Å²) in [5, 5.41) is 4.17. The number of carbonyl (C=O) groups excluding carboxylic acids is 1. The van der Waals surface area contributed by atoms with Crippen LogP contribution in [0, 0.1) is 11.6 Å². The van der Waals surface area contributed by atoms with Crippen molar-refractivity contribution in [2.45, 2.75) is 31.3 Å². The fraction of sp³-hybridized carbons (Fsp3) is 0.385. The van der Waals surface area contributed by atoms with E-state index in [1.165, 1.54) is 6.07 Å². The van der Waals surface area contributed by atoms with Gasteiger partial charge in [-0.3, -0.25) is 4.79 Å². The monoisotopic (exact) mass is 452 g/mol. The minimum atomic E-state index is -0.937. The second-order valence-corrected chi connectivity index (χ2v) is 8.90. The van der Waals surface area contributed by atoms with E-state index in [-0.39, 0.29) is 18.0 Å². The molecule has 0 saturated carbocycles. The number of rotatable bonds is 7. The normalized spacial score (nSPS) is 17.2. The van der Waals surface area contributed by atoms with Crippen LogP contribution in [0.4, 0.5) is 8.78 Å². The molecule has 174 valence electrons. The van der Waals surface area contributed by atoms with Crippen molar-refractivity contribution in [3.05, 3.63) is 65.7 Å². The van der Waals surface area contributed by atoms with Gasteiger partial charge >= 0.3 is 0 Å². The first-order chi connectivity index (χ1) is 15.9. The highest BCUT2D eigenvalue weighted by Gasteiger charge is 2.35. The van der Waals surface area contributed by atoms with E-state index in [1.54, 1.807) is 6.07 Å². The number of likely N-dealkylation sites (N-methyl/N-ethyl adjacent to an activating group) is 1. The Hall–Kier alpha value is -2.90. The van der Waals surface area contributed by atoms with E-state index in [4.69, 9.17) is 0 Å². The van der Waals surface area contributed by atoms with Crippen LogP contribution in [0.25, 0.3) is 22.2 Å². The minimum absolute atomic E-state index is 0.0509. The molecule has 1 fully saturated rings. The molecule has 5 nitrogen and oxygen atoms in total. The Morgan fingerprint density at radius 3 is 2.70 bits per heavy atom. The number of para-hydroxylation sites is 1. The van der Waals surface area contributed by atoms with Gasteiger partial charge in [-0.25, -0.2) is 13.8 Å². The van der Waals surface area contributed by atoms with Crippen LogP contribution in [-0.2, 0) is 0 Å². The Kier molecular flexibility index (Phi) is 7.00. The Balaban J connectivity index is 1.73. The molecule has 1 amide bonds. The molecule has 1 saturated heterocycles. The first-order valence-electron chi connectivity index (χ1n) is 11.4. The second-order valence-electron chi connectivity index (χ2n) is 8.90. The molecule has 3 aromatic rings. The lowest BCUT2D eigenvalue weighted by Gasteiger charge is -2.32. The number of benzene rings is 2. The third-order valence-electron chi connectivity index (χ3n) is 6.44. The lowest BCUT2D eigenvalue weighted by Crippen LogP contribution is -2.49. The lowest BCUT2D eigenvalue weighted by atomic mass is 9.99. The molecule has 7 heteroatoms. The average Bonchev–Trinajstić information content (AvgIpc) is 3.29. The van der Waals surface area contributed by atoms with Gasteiger partial charge in [0.25, 0.3) is 5.91 Å². The van der Waals surface area contributed by atoms with Gasteiger partial charge in [-0.15, -0.1) is 0 Å². The molecule has 33 heavy (non-hydrogen) atoms. The van der Waals surface area contributed by atoms with Gasteiger partial charge in [-0.05, 0) is 77.3 Å². The van der Waals surface area contributed by atoms with E-state index in [2.05, 4.69) is 15.2 Å². The van der Waals surface area contributed by atoms with Gasteiger partial charge in [0.1, 0.15) is 0 Å². The largest absolute Gasteiger partial charge is 0.334 e. The van der Waals surface area contributed by atoms with Crippen molar-refractivity contribution >= 4 is 16.8 Å². The van der Waals surface area contributed by atoms with Crippen molar-refractivity contribution in [3.8, 4) is 11.3 Å². The van der Waals surface area contributed by atoms with Crippen molar-refractivity contribution < 1.29 is 13.6 Å². The fourth-order valence-electron chi connectivity index (χ4n) is 4.70. The second kappa shape index (κ2) is 9.93. The molecular formula is C26H30F2N4O. The summed E-state index contributed by atoms with van der Waals surface area (Å²) in [6.07, 6.45) is 2.84. The topological polar surface area (TPSA) is 48.5 Å². The summed E-state index contributed by atoms with van der Waals surface area (Å²) < 4.78 is 27.4. The van der Waals surface area contributed by atoms with Crippen molar-refractivity contribution in [2.75, 3.05) is 34.2 Å². The summed E-state index contributed by atoms with van der Waals surface area (Å²) in [7, 11) is 6.05. The number of nitrogens with zero attached hydrogens (tertiary/aromatic N) is 3. The third kappa shape index (κ3) is 4.89. The van der Waals surface area contributed by atoms with Gasteiger partial charge in [0.2, 0.25) is 0 Å². The molecule has 0 radical (unpaired) electrons. The number of halogens is 2. The molecule has 4 rings (SSSR count). The molecule has 1 aliphatic rings. The molecule has 1 aliphatic heterocycles. The van der Waals surface area contributed by atoms with E-state index in [0.717, 1.165) is 43.3 Å². The standard InChI is InChI=1S/C26H30F2N4O/c1-29-23(12-14-31(2)3)25-9-6-13-32(25)26(33)19-16-24(17-10-11-20(27)21(28)15-17)30-22-8-5-4-7-18(19)22/h4-5,7-8,10-11,15-16,23,25,29H,6,9,12-14H2,1-3H3. The third-order valence-corrected chi connectivity index (χ3v) is 6.44. The average molecular weight is 453 g/mol. The maximum absolute atomic E-state index is 13.9. The minimum Gasteiger partial charge on any atom is -0.334 e. The molecule has 2 heterocycles. The molecule has 2 atom stereocenters. The highest BCUT2D eigenvalue weighted by Crippen LogP contribution is 2.30. The summed E-state index contributed by atoms with van der Waals surface area (Å²) in [5.41, 5.74) is 2.07. The van der Waals surface area contributed by atoms with E-state index in [0.29, 0.717) is 28.9 Å². The van der Waals surface area contributed by atoms with Crippen LogP contribution in [-0.4, -0.2) is 67.0 Å². The highest BCUT2D eigenvalue weighted by molar-refractivity contribution is 6.07. The zero-order chi connectivity index (χ0) is 23.5. The van der Waals surface area contributed by atoms with E-state index in [9.17, 15) is 13.6 Å². The predicted octanol–water partition coefficient (Wildman–Crippen LogP) is 4.32. The summed E-state index contributed by atoms with van der Waals surface area (Å²) >= 11 is 0. The van der Waals surface area contributed by atoms with Gasteiger partial charge in [0.05, 0.1) is 16.8 Å². The van der Waals surface area contributed by atoms with Crippen molar-refractivity contribution in [2.24, 2.45) is 0 Å². The van der Waals surface area contributed by atoms with Gasteiger partial charge in [-0.2, -0.15) is 0 Å². The molecule has 2 unspecified atom stereocenters. The molecule has 2 aromatic carbocycles. The molecule has 0 bridgehead atoms. The summed E-state index contributed by atoms with van der Waals surface area (Å²) in [5.74, 6) is -1.90. The molecular weight excluding hydrogens is 422 g/mol. The van der Waals surface area contributed by atoms with Crippen LogP contribution in [0.2, 0.25) is 0 Å². The van der Waals surface area contributed by atoms with Crippen LogP contribution in [0.1, 0.15) is 29.6 Å². The van der Waals surface area contributed by atoms with Crippen molar-refractivity contribution in [3.63, 3.8) is 0 Å². The fourth-order valence-corrected chi connectivity index (χ4v) is 4.70. The number of carbonyl (C=O) groups is 1. The van der Waals surface area contributed by atoms with E-state index in [1.807, 2.05) is 50.3 Å². The Morgan fingerprint density at radius 2 is 1.97 bits per heavy atom. The van der Waals surface area contributed by atoms with Gasteiger partial charge in [0, 0.05) is 29.6 Å². The molecule has 0 aliphatic carbocycles. The molecule has 0 spiro atoms. The summed E-state index contributed by atoms with van der Waals surface area (Å²) in [4.78, 5) is 22.6. The number of hydrogen-bond acceptors (Lipinski definition) is 4. The van der Waals surface area contributed by atoms with Gasteiger partial charge < -0.3 is 15.1 Å². The zero-order valence-corrected chi connectivity index (χ0v) is 19.3. The van der Waals surface area contributed by atoms with E-state index < -0.39 is 11.6 Å². The van der Waals surface area contributed by atoms with Gasteiger partial charge in [0.15, 0.2) is 11.6 Å². The smallest absolute Gasteiger partial charge is 0.254 e. The zero-order valence-electron chi connectivity index (χ0n) is 19.3. The predicted molar refractivity (Wildman–Crippen MR) is 127 cm³/mol. The van der Waals surface area contributed by atoms with Crippen molar-refractivity contribution in [1.82, 2.24) is 20.1 Å². The maximum atomic E-state index is 13.9. The number of likely N-dealkylation sites (tertiary alicyclic amines) is 1. The number of nitrogens with one attached hydrogen (secondary N) is 1. The molecule has 1 aromatic heterocycles. The first-order valence-corrected chi connectivity index (χ1v) is 11.4. The Bertz CT molecular complexity index is 1150. The molecule has 1 N–H and O–H groups in total. The number of amides is 1. The van der Waals surface area contributed by atoms with Crippen LogP contribution >= 0.6 is 0 Å².